The number of rotatable bonds is 6. The summed E-state index contributed by atoms with van der Waals surface area (Å²) < 4.78 is 0. The summed E-state index contributed by atoms with van der Waals surface area (Å²) in [4.78, 5) is 17.2. The molecule has 4 nitrogen and oxygen atoms in total. The van der Waals surface area contributed by atoms with Crippen molar-refractivity contribution in [1.29, 1.82) is 0 Å². The molecule has 2 aliphatic carbocycles. The van der Waals surface area contributed by atoms with E-state index in [4.69, 9.17) is 0 Å². The van der Waals surface area contributed by atoms with E-state index in [0.29, 0.717) is 11.4 Å². The van der Waals surface area contributed by atoms with Crippen LogP contribution in [0.4, 0.5) is 0 Å². The zero-order chi connectivity index (χ0) is 18.9. The van der Waals surface area contributed by atoms with E-state index in [1.807, 2.05) is 20.8 Å². The molecule has 1 fully saturated rings. The van der Waals surface area contributed by atoms with Crippen LogP contribution < -0.4 is 10.6 Å². The van der Waals surface area contributed by atoms with Crippen LogP contribution in [0.5, 0.6) is 0 Å². The third-order valence-electron chi connectivity index (χ3n) is 5.42. The number of benzene rings is 1. The van der Waals surface area contributed by atoms with Crippen molar-refractivity contribution in [1.82, 2.24) is 10.6 Å². The fraction of sp³-hybridized carbons (Fsp3) is 0.455. The van der Waals surface area contributed by atoms with Crippen LogP contribution in [0.15, 0.2) is 51.8 Å². The topological polar surface area (TPSA) is 53.5 Å². The molecular weight excluding hydrogens is 322 g/mol. The molecule has 2 N–H and O–H groups in total. The Balaban J connectivity index is 1.77. The Bertz CT molecular complexity index is 770. The van der Waals surface area contributed by atoms with Gasteiger partial charge in [0.15, 0.2) is 0 Å². The van der Waals surface area contributed by atoms with Gasteiger partial charge in [0.05, 0.1) is 0 Å². The molecule has 1 amide bonds. The predicted molar refractivity (Wildman–Crippen MR) is 107 cm³/mol. The number of amides is 1. The first-order valence-corrected chi connectivity index (χ1v) is 9.34. The van der Waals surface area contributed by atoms with Crippen molar-refractivity contribution in [3.63, 3.8) is 0 Å². The van der Waals surface area contributed by atoms with Crippen molar-refractivity contribution in [3.05, 3.63) is 57.9 Å². The number of allylic oxidation sites excluding steroid dienone is 1. The van der Waals surface area contributed by atoms with E-state index in [0.717, 1.165) is 36.8 Å². The number of carbonyl (C=O) groups is 1. The molecular formula is C22H29N3O. The predicted octanol–water partition coefficient (Wildman–Crippen LogP) is 3.68. The standard InChI is InChI=1S/C22H29N3O/c1-14(2)19(15(3)20(23-5)25-22(4)10-11-22)21(26)24-18-12-16-8-6-7-9-17(16)13-18/h6-9,18,25H,5,10-13H2,1-4H3,(H,24,26)/b20-15-. The number of carbonyl (C=O) groups excluding carboxylic acids is 1. The Morgan fingerprint density at radius 1 is 1.15 bits per heavy atom. The van der Waals surface area contributed by atoms with Gasteiger partial charge in [-0.05, 0) is 71.2 Å². The Hall–Kier alpha value is -2.36. The van der Waals surface area contributed by atoms with Gasteiger partial charge in [-0.1, -0.05) is 29.8 Å². The summed E-state index contributed by atoms with van der Waals surface area (Å²) in [5.41, 5.74) is 5.32. The van der Waals surface area contributed by atoms with Crippen molar-refractivity contribution < 1.29 is 4.79 Å². The quantitative estimate of drug-likeness (QED) is 0.467. The molecule has 1 saturated carbocycles. The summed E-state index contributed by atoms with van der Waals surface area (Å²) in [5, 5.41) is 6.68. The molecule has 1 aromatic carbocycles. The van der Waals surface area contributed by atoms with Crippen LogP contribution in [0.3, 0.4) is 0 Å². The molecule has 0 radical (unpaired) electrons. The fourth-order valence-corrected chi connectivity index (χ4v) is 3.66. The lowest BCUT2D eigenvalue weighted by Gasteiger charge is -2.20. The van der Waals surface area contributed by atoms with Gasteiger partial charge in [-0.2, -0.15) is 0 Å². The summed E-state index contributed by atoms with van der Waals surface area (Å²) in [6.07, 6.45) is 4.03. The average molecular weight is 351 g/mol. The Labute approximate surface area is 156 Å². The van der Waals surface area contributed by atoms with Crippen LogP contribution in [0.1, 0.15) is 51.7 Å². The molecule has 0 bridgehead atoms. The molecule has 4 heteroatoms. The van der Waals surface area contributed by atoms with Crippen molar-refractivity contribution in [2.45, 2.75) is 65.0 Å². The van der Waals surface area contributed by atoms with Crippen molar-refractivity contribution >= 4 is 12.6 Å². The lowest BCUT2D eigenvalue weighted by atomic mass is 10.0. The molecule has 26 heavy (non-hydrogen) atoms. The van der Waals surface area contributed by atoms with E-state index < -0.39 is 0 Å². The molecule has 0 atom stereocenters. The molecule has 0 heterocycles. The molecule has 0 saturated heterocycles. The Morgan fingerprint density at radius 2 is 1.73 bits per heavy atom. The largest absolute Gasteiger partial charge is 0.365 e. The first-order valence-electron chi connectivity index (χ1n) is 9.34. The number of fused-ring (bicyclic) bond motifs is 1. The molecule has 138 valence electrons. The summed E-state index contributed by atoms with van der Waals surface area (Å²) >= 11 is 0. The van der Waals surface area contributed by atoms with Gasteiger partial charge in [0.25, 0.3) is 5.91 Å². The molecule has 0 aliphatic heterocycles. The lowest BCUT2D eigenvalue weighted by molar-refractivity contribution is -0.117. The highest BCUT2D eigenvalue weighted by molar-refractivity contribution is 5.98. The van der Waals surface area contributed by atoms with E-state index in [-0.39, 0.29) is 17.5 Å². The summed E-state index contributed by atoms with van der Waals surface area (Å²) in [6, 6.07) is 8.56. The number of hydrogen-bond acceptors (Lipinski definition) is 3. The van der Waals surface area contributed by atoms with E-state index in [1.165, 1.54) is 11.1 Å². The SMILES string of the molecule is C=N/C(NC1(C)CC1)=C(\C)C(C(=O)NC1Cc2ccccc2C1)=C(C)C. The van der Waals surface area contributed by atoms with Crippen LogP contribution in [-0.4, -0.2) is 24.2 Å². The van der Waals surface area contributed by atoms with Gasteiger partial charge >= 0.3 is 0 Å². The summed E-state index contributed by atoms with van der Waals surface area (Å²) in [6.45, 7) is 11.8. The summed E-state index contributed by atoms with van der Waals surface area (Å²) in [5.74, 6) is 0.690. The number of hydrogen-bond donors (Lipinski definition) is 2. The molecule has 1 aromatic rings. The van der Waals surface area contributed by atoms with Gasteiger partial charge in [0.2, 0.25) is 0 Å². The first-order chi connectivity index (χ1) is 12.3. The van der Waals surface area contributed by atoms with E-state index >= 15 is 0 Å². The van der Waals surface area contributed by atoms with Crippen LogP contribution in [0.2, 0.25) is 0 Å². The van der Waals surface area contributed by atoms with Crippen LogP contribution in [-0.2, 0) is 17.6 Å². The molecule has 0 spiro atoms. The van der Waals surface area contributed by atoms with Gasteiger partial charge in [-0.25, -0.2) is 4.99 Å². The number of aliphatic imine (C=N–C) groups is 1. The van der Waals surface area contributed by atoms with Crippen molar-refractivity contribution in [3.8, 4) is 0 Å². The number of nitrogens with one attached hydrogen (secondary N) is 2. The highest BCUT2D eigenvalue weighted by atomic mass is 16.1. The molecule has 0 unspecified atom stereocenters. The van der Waals surface area contributed by atoms with Crippen LogP contribution in [0.25, 0.3) is 0 Å². The maximum Gasteiger partial charge on any atom is 0.251 e. The van der Waals surface area contributed by atoms with E-state index in [1.54, 1.807) is 0 Å². The monoisotopic (exact) mass is 351 g/mol. The van der Waals surface area contributed by atoms with E-state index in [2.05, 4.69) is 53.5 Å². The summed E-state index contributed by atoms with van der Waals surface area (Å²) in [7, 11) is 0. The van der Waals surface area contributed by atoms with Crippen LogP contribution in [0, 0.1) is 0 Å². The second-order valence-electron chi connectivity index (χ2n) is 8.04. The molecule has 3 rings (SSSR count). The second kappa shape index (κ2) is 7.10. The number of nitrogens with zero attached hydrogens (tertiary/aromatic N) is 1. The maximum absolute atomic E-state index is 13.0. The van der Waals surface area contributed by atoms with Crippen molar-refractivity contribution in [2.24, 2.45) is 4.99 Å². The highest BCUT2D eigenvalue weighted by Gasteiger charge is 2.38. The molecule has 0 aromatic heterocycles. The zero-order valence-electron chi connectivity index (χ0n) is 16.3. The average Bonchev–Trinajstić information content (AvgIpc) is 3.17. The van der Waals surface area contributed by atoms with E-state index in [9.17, 15) is 4.79 Å². The minimum atomic E-state index is -0.0239. The normalized spacial score (nSPS) is 18.5. The second-order valence-corrected chi connectivity index (χ2v) is 8.04. The Morgan fingerprint density at radius 3 is 2.19 bits per heavy atom. The first kappa shape index (κ1) is 18.4. The highest BCUT2D eigenvalue weighted by Crippen LogP contribution is 2.36. The van der Waals surface area contributed by atoms with Gasteiger partial charge in [-0.3, -0.25) is 4.79 Å². The molecule has 2 aliphatic rings. The fourth-order valence-electron chi connectivity index (χ4n) is 3.66. The zero-order valence-corrected chi connectivity index (χ0v) is 16.3. The van der Waals surface area contributed by atoms with Gasteiger partial charge in [-0.15, -0.1) is 0 Å². The van der Waals surface area contributed by atoms with Crippen LogP contribution >= 0.6 is 0 Å². The third kappa shape index (κ3) is 3.90. The van der Waals surface area contributed by atoms with Crippen molar-refractivity contribution in [2.75, 3.05) is 0 Å². The third-order valence-corrected chi connectivity index (χ3v) is 5.42. The van der Waals surface area contributed by atoms with Gasteiger partial charge in [0, 0.05) is 22.7 Å². The maximum atomic E-state index is 13.0. The van der Waals surface area contributed by atoms with Gasteiger partial charge < -0.3 is 10.6 Å². The smallest absolute Gasteiger partial charge is 0.251 e. The minimum Gasteiger partial charge on any atom is -0.365 e. The minimum absolute atomic E-state index is 0.0239. The van der Waals surface area contributed by atoms with Gasteiger partial charge in [0.1, 0.15) is 5.82 Å². The Kier molecular flexibility index (Phi) is 5.03. The lowest BCUT2D eigenvalue weighted by Crippen LogP contribution is -2.37.